The maximum Gasteiger partial charge on any atom is 0.408 e. The number of aliphatic carboxylic acids is 1. The van der Waals surface area contributed by atoms with E-state index in [1.807, 2.05) is 48.5 Å². The van der Waals surface area contributed by atoms with Gasteiger partial charge in [0, 0.05) is 25.9 Å². The average molecular weight is 469 g/mol. The number of alkyl carbamates (subject to hydrolysis) is 1. The van der Waals surface area contributed by atoms with Gasteiger partial charge in [-0.3, -0.25) is 14.9 Å². The Hall–Kier alpha value is -3.88. The Bertz CT molecular complexity index is 1020. The molecule has 2 aromatic rings. The van der Waals surface area contributed by atoms with Gasteiger partial charge < -0.3 is 19.5 Å². The molecule has 0 heterocycles. The van der Waals surface area contributed by atoms with Crippen molar-refractivity contribution in [3.63, 3.8) is 0 Å². The SMILES string of the molecule is CCOC(=O)C(NC(=O)OCC1c2ccccc2-c2ccccc21)C(=O)N(C)CCCC(=O)O. The van der Waals surface area contributed by atoms with Crippen molar-refractivity contribution in [3.05, 3.63) is 59.7 Å². The molecule has 0 aromatic heterocycles. The zero-order valence-electron chi connectivity index (χ0n) is 19.2. The molecular formula is C25H28N2O7. The third-order valence-electron chi connectivity index (χ3n) is 5.64. The molecule has 0 saturated carbocycles. The number of hydrogen-bond acceptors (Lipinski definition) is 6. The van der Waals surface area contributed by atoms with Crippen LogP contribution >= 0.6 is 0 Å². The second kappa shape index (κ2) is 11.3. The zero-order chi connectivity index (χ0) is 24.7. The highest BCUT2D eigenvalue weighted by Gasteiger charge is 2.34. The van der Waals surface area contributed by atoms with Crippen LogP contribution in [0.25, 0.3) is 11.1 Å². The summed E-state index contributed by atoms with van der Waals surface area (Å²) in [6.07, 6.45) is -0.841. The van der Waals surface area contributed by atoms with E-state index in [0.29, 0.717) is 0 Å². The summed E-state index contributed by atoms with van der Waals surface area (Å²) >= 11 is 0. The number of carbonyl (C=O) groups excluding carboxylic acids is 3. The van der Waals surface area contributed by atoms with Gasteiger partial charge in [-0.15, -0.1) is 0 Å². The van der Waals surface area contributed by atoms with Gasteiger partial charge in [0.05, 0.1) is 6.61 Å². The van der Waals surface area contributed by atoms with Crippen LogP contribution in [0.5, 0.6) is 0 Å². The molecule has 2 amide bonds. The summed E-state index contributed by atoms with van der Waals surface area (Å²) in [7, 11) is 1.43. The Labute approximate surface area is 197 Å². The van der Waals surface area contributed by atoms with Crippen LogP contribution < -0.4 is 5.32 Å². The van der Waals surface area contributed by atoms with Gasteiger partial charge in [0.1, 0.15) is 6.61 Å². The van der Waals surface area contributed by atoms with E-state index in [4.69, 9.17) is 14.6 Å². The fraction of sp³-hybridized carbons (Fsp3) is 0.360. The Morgan fingerprint density at radius 1 is 1.00 bits per heavy atom. The first-order chi connectivity index (χ1) is 16.3. The predicted octanol–water partition coefficient (Wildman–Crippen LogP) is 2.78. The highest BCUT2D eigenvalue weighted by Crippen LogP contribution is 2.44. The second-order valence-corrected chi connectivity index (χ2v) is 7.91. The van der Waals surface area contributed by atoms with Crippen LogP contribution in [0.1, 0.15) is 36.8 Å². The Kier molecular flexibility index (Phi) is 8.24. The van der Waals surface area contributed by atoms with Crippen molar-refractivity contribution in [1.29, 1.82) is 0 Å². The second-order valence-electron chi connectivity index (χ2n) is 7.91. The van der Waals surface area contributed by atoms with Gasteiger partial charge in [-0.25, -0.2) is 9.59 Å². The van der Waals surface area contributed by atoms with E-state index >= 15 is 0 Å². The van der Waals surface area contributed by atoms with Gasteiger partial charge in [-0.05, 0) is 35.6 Å². The molecular weight excluding hydrogens is 440 g/mol. The quantitative estimate of drug-likeness (QED) is 0.406. The first kappa shape index (κ1) is 24.8. The van der Waals surface area contributed by atoms with Crippen molar-refractivity contribution in [2.45, 2.75) is 31.7 Å². The van der Waals surface area contributed by atoms with Crippen molar-refractivity contribution in [2.24, 2.45) is 0 Å². The van der Waals surface area contributed by atoms with Gasteiger partial charge in [0.2, 0.25) is 6.04 Å². The van der Waals surface area contributed by atoms with Crippen LogP contribution in [0.3, 0.4) is 0 Å². The van der Waals surface area contributed by atoms with Crippen molar-refractivity contribution in [2.75, 3.05) is 26.8 Å². The fourth-order valence-electron chi connectivity index (χ4n) is 4.00. The fourth-order valence-corrected chi connectivity index (χ4v) is 4.00. The molecule has 0 bridgehead atoms. The van der Waals surface area contributed by atoms with Crippen LogP contribution in [0.2, 0.25) is 0 Å². The molecule has 9 heteroatoms. The van der Waals surface area contributed by atoms with Gasteiger partial charge in [-0.2, -0.15) is 0 Å². The molecule has 1 atom stereocenters. The number of benzene rings is 2. The summed E-state index contributed by atoms with van der Waals surface area (Å²) < 4.78 is 10.4. The van der Waals surface area contributed by atoms with Gasteiger partial charge >= 0.3 is 18.0 Å². The number of carboxylic acids is 1. The number of likely N-dealkylation sites (N-methyl/N-ethyl adjacent to an activating group) is 1. The highest BCUT2D eigenvalue weighted by atomic mass is 16.6. The molecule has 1 aliphatic carbocycles. The summed E-state index contributed by atoms with van der Waals surface area (Å²) in [5.41, 5.74) is 4.23. The number of ether oxygens (including phenoxy) is 2. The number of rotatable bonds is 10. The van der Waals surface area contributed by atoms with Crippen LogP contribution in [-0.4, -0.2) is 66.8 Å². The van der Waals surface area contributed by atoms with E-state index in [2.05, 4.69) is 5.32 Å². The first-order valence-corrected chi connectivity index (χ1v) is 11.1. The molecule has 9 nitrogen and oxygen atoms in total. The minimum atomic E-state index is -1.59. The topological polar surface area (TPSA) is 122 Å². The minimum absolute atomic E-state index is 0.0255. The number of carboxylic acid groups (broad SMARTS) is 1. The van der Waals surface area contributed by atoms with E-state index in [0.717, 1.165) is 22.3 Å². The zero-order valence-corrected chi connectivity index (χ0v) is 19.2. The van der Waals surface area contributed by atoms with E-state index in [1.54, 1.807) is 6.92 Å². The number of carbonyl (C=O) groups is 4. The molecule has 1 aliphatic rings. The molecule has 3 rings (SSSR count). The molecule has 0 aliphatic heterocycles. The standard InChI is InChI=1S/C25H28N2O7/c1-3-33-24(31)22(23(30)27(2)14-8-13-21(28)29)26-25(32)34-15-20-18-11-6-4-9-16(18)17-10-5-7-12-19(17)20/h4-7,9-12,20,22H,3,8,13-15H2,1-2H3,(H,26,32)(H,28,29). The molecule has 2 aromatic carbocycles. The molecule has 0 radical (unpaired) electrons. The maximum absolute atomic E-state index is 12.8. The number of nitrogens with zero attached hydrogens (tertiary/aromatic N) is 1. The van der Waals surface area contributed by atoms with Crippen molar-refractivity contribution < 1.29 is 33.8 Å². The number of fused-ring (bicyclic) bond motifs is 3. The Morgan fingerprint density at radius 3 is 2.15 bits per heavy atom. The smallest absolute Gasteiger partial charge is 0.408 e. The third kappa shape index (κ3) is 5.72. The Balaban J connectivity index is 1.66. The van der Waals surface area contributed by atoms with E-state index in [-0.39, 0.29) is 38.5 Å². The molecule has 1 unspecified atom stereocenters. The van der Waals surface area contributed by atoms with Crippen LogP contribution in [0.15, 0.2) is 48.5 Å². The average Bonchev–Trinajstić information content (AvgIpc) is 3.14. The minimum Gasteiger partial charge on any atom is -0.481 e. The molecule has 0 saturated heterocycles. The lowest BCUT2D eigenvalue weighted by molar-refractivity contribution is -0.152. The predicted molar refractivity (Wildman–Crippen MR) is 123 cm³/mol. The molecule has 0 fully saturated rings. The number of amides is 2. The first-order valence-electron chi connectivity index (χ1n) is 11.1. The van der Waals surface area contributed by atoms with Gasteiger partial charge in [-0.1, -0.05) is 48.5 Å². The van der Waals surface area contributed by atoms with Crippen molar-refractivity contribution in [1.82, 2.24) is 10.2 Å². The summed E-state index contributed by atoms with van der Waals surface area (Å²) in [5, 5.41) is 11.1. The van der Waals surface area contributed by atoms with Crippen molar-refractivity contribution in [3.8, 4) is 11.1 Å². The lowest BCUT2D eigenvalue weighted by atomic mass is 9.98. The van der Waals surface area contributed by atoms with Gasteiger partial charge in [0.15, 0.2) is 0 Å². The summed E-state index contributed by atoms with van der Waals surface area (Å²) in [6.45, 7) is 1.74. The lowest BCUT2D eigenvalue weighted by Gasteiger charge is -2.23. The highest BCUT2D eigenvalue weighted by molar-refractivity contribution is 6.04. The molecule has 2 N–H and O–H groups in total. The number of hydrogen-bond donors (Lipinski definition) is 2. The number of nitrogens with one attached hydrogen (secondary N) is 1. The monoisotopic (exact) mass is 468 g/mol. The number of esters is 1. The van der Waals surface area contributed by atoms with Crippen molar-refractivity contribution >= 4 is 23.9 Å². The molecule has 34 heavy (non-hydrogen) atoms. The van der Waals surface area contributed by atoms with E-state index in [9.17, 15) is 19.2 Å². The summed E-state index contributed by atoms with van der Waals surface area (Å²) in [5.74, 6) is -2.78. The Morgan fingerprint density at radius 2 is 1.59 bits per heavy atom. The molecule has 180 valence electrons. The van der Waals surface area contributed by atoms with Crippen LogP contribution in [0, 0.1) is 0 Å². The normalized spacial score (nSPS) is 12.8. The van der Waals surface area contributed by atoms with Crippen LogP contribution in [-0.2, 0) is 23.9 Å². The molecule has 0 spiro atoms. The summed E-state index contributed by atoms with van der Waals surface area (Å²) in [6, 6.07) is 14.2. The summed E-state index contributed by atoms with van der Waals surface area (Å²) in [4.78, 5) is 49.6. The van der Waals surface area contributed by atoms with E-state index in [1.165, 1.54) is 11.9 Å². The maximum atomic E-state index is 12.8. The van der Waals surface area contributed by atoms with Gasteiger partial charge in [0.25, 0.3) is 5.91 Å². The lowest BCUT2D eigenvalue weighted by Crippen LogP contribution is -2.53. The largest absolute Gasteiger partial charge is 0.481 e. The van der Waals surface area contributed by atoms with Crippen LogP contribution in [0.4, 0.5) is 4.79 Å². The third-order valence-corrected chi connectivity index (χ3v) is 5.64. The van der Waals surface area contributed by atoms with E-state index < -0.39 is 30.0 Å².